The van der Waals surface area contributed by atoms with Crippen molar-refractivity contribution < 1.29 is 14.3 Å². The van der Waals surface area contributed by atoms with Crippen molar-refractivity contribution in [1.29, 1.82) is 0 Å². The van der Waals surface area contributed by atoms with Crippen molar-refractivity contribution in [2.75, 3.05) is 36.1 Å². The lowest BCUT2D eigenvalue weighted by molar-refractivity contribution is 0.0600. The van der Waals surface area contributed by atoms with Gasteiger partial charge in [-0.2, -0.15) is 0 Å². The van der Waals surface area contributed by atoms with E-state index in [4.69, 9.17) is 10.5 Å². The molecule has 182 valence electrons. The first kappa shape index (κ1) is 24.3. The monoisotopic (exact) mass is 471 g/mol. The Hall–Kier alpha value is -3.80. The van der Waals surface area contributed by atoms with Gasteiger partial charge in [0.2, 0.25) is 0 Å². The van der Waals surface area contributed by atoms with Gasteiger partial charge in [-0.05, 0) is 92.1 Å². The van der Waals surface area contributed by atoms with E-state index in [2.05, 4.69) is 10.2 Å². The van der Waals surface area contributed by atoms with Crippen LogP contribution in [0.2, 0.25) is 0 Å². The summed E-state index contributed by atoms with van der Waals surface area (Å²) in [4.78, 5) is 26.8. The van der Waals surface area contributed by atoms with E-state index in [0.29, 0.717) is 16.8 Å². The number of esters is 1. The number of rotatable bonds is 8. The number of anilines is 3. The van der Waals surface area contributed by atoms with E-state index in [-0.39, 0.29) is 11.9 Å². The summed E-state index contributed by atoms with van der Waals surface area (Å²) < 4.78 is 4.74. The third kappa shape index (κ3) is 6.41. The number of amides is 1. The average molecular weight is 472 g/mol. The second-order valence-electron chi connectivity index (χ2n) is 9.01. The highest BCUT2D eigenvalue weighted by Crippen LogP contribution is 2.25. The number of carbonyl (C=O) groups is 2. The summed E-state index contributed by atoms with van der Waals surface area (Å²) in [5.41, 5.74) is 11.9. The van der Waals surface area contributed by atoms with Crippen LogP contribution in [-0.2, 0) is 17.6 Å². The number of carbonyl (C=O) groups excluding carboxylic acids is 2. The number of nitrogens with one attached hydrogen (secondary N) is 1. The van der Waals surface area contributed by atoms with Gasteiger partial charge in [0.1, 0.15) is 0 Å². The molecule has 6 heteroatoms. The van der Waals surface area contributed by atoms with E-state index >= 15 is 0 Å². The SMILES string of the molecule is COC(=O)c1ccc(CCCc2ccc(NC(=O)c3cc(N4CCCCC4)ccc3N)cc2)cc1. The lowest BCUT2D eigenvalue weighted by Crippen LogP contribution is -2.29. The fourth-order valence-electron chi connectivity index (χ4n) is 4.46. The van der Waals surface area contributed by atoms with Gasteiger partial charge in [-0.15, -0.1) is 0 Å². The molecule has 1 saturated heterocycles. The van der Waals surface area contributed by atoms with Crippen LogP contribution in [0.5, 0.6) is 0 Å². The fraction of sp³-hybridized carbons (Fsp3) is 0.310. The fourth-order valence-corrected chi connectivity index (χ4v) is 4.46. The maximum absolute atomic E-state index is 12.9. The van der Waals surface area contributed by atoms with Crippen LogP contribution < -0.4 is 16.0 Å². The Bertz CT molecular complexity index is 1150. The predicted octanol–water partition coefficient (Wildman–Crippen LogP) is 5.47. The van der Waals surface area contributed by atoms with Gasteiger partial charge in [0.05, 0.1) is 18.2 Å². The molecule has 3 aromatic rings. The summed E-state index contributed by atoms with van der Waals surface area (Å²) in [7, 11) is 1.39. The molecule has 0 saturated carbocycles. The number of piperidine rings is 1. The van der Waals surface area contributed by atoms with Gasteiger partial charge in [0.25, 0.3) is 5.91 Å². The molecule has 1 heterocycles. The van der Waals surface area contributed by atoms with Crippen LogP contribution in [0, 0.1) is 0 Å². The Balaban J connectivity index is 1.30. The van der Waals surface area contributed by atoms with Gasteiger partial charge >= 0.3 is 5.97 Å². The number of nitrogens with two attached hydrogens (primary N) is 1. The summed E-state index contributed by atoms with van der Waals surface area (Å²) in [6.07, 6.45) is 6.46. The third-order valence-electron chi connectivity index (χ3n) is 6.52. The standard InChI is InChI=1S/C29H33N3O3/c1-35-29(34)23-12-8-21(9-13-23)6-5-7-22-10-14-24(15-11-22)31-28(33)26-20-25(16-17-27(26)30)32-18-3-2-4-19-32/h8-17,20H,2-7,18-19,30H2,1H3,(H,31,33). The molecule has 0 atom stereocenters. The van der Waals surface area contributed by atoms with Crippen LogP contribution in [0.1, 0.15) is 57.5 Å². The first-order valence-electron chi connectivity index (χ1n) is 12.3. The molecule has 0 aromatic heterocycles. The van der Waals surface area contributed by atoms with Crippen LogP contribution in [0.4, 0.5) is 17.1 Å². The Morgan fingerprint density at radius 3 is 2.14 bits per heavy atom. The molecule has 0 aliphatic carbocycles. The van der Waals surface area contributed by atoms with E-state index in [9.17, 15) is 9.59 Å². The van der Waals surface area contributed by atoms with E-state index in [0.717, 1.165) is 43.7 Å². The van der Waals surface area contributed by atoms with Gasteiger partial charge < -0.3 is 20.7 Å². The topological polar surface area (TPSA) is 84.7 Å². The minimum absolute atomic E-state index is 0.190. The van der Waals surface area contributed by atoms with Gasteiger partial charge in [0.15, 0.2) is 0 Å². The Morgan fingerprint density at radius 1 is 0.886 bits per heavy atom. The largest absolute Gasteiger partial charge is 0.465 e. The minimum atomic E-state index is -0.318. The van der Waals surface area contributed by atoms with Crippen molar-refractivity contribution in [3.63, 3.8) is 0 Å². The van der Waals surface area contributed by atoms with Crippen molar-refractivity contribution in [2.24, 2.45) is 0 Å². The Kier molecular flexibility index (Phi) is 8.03. The van der Waals surface area contributed by atoms with E-state index in [1.54, 1.807) is 12.1 Å². The number of ether oxygens (including phenoxy) is 1. The molecular weight excluding hydrogens is 438 g/mol. The maximum atomic E-state index is 12.9. The molecular formula is C29H33N3O3. The van der Waals surface area contributed by atoms with Crippen molar-refractivity contribution in [1.82, 2.24) is 0 Å². The molecule has 3 aromatic carbocycles. The smallest absolute Gasteiger partial charge is 0.337 e. The molecule has 1 aliphatic rings. The summed E-state index contributed by atoms with van der Waals surface area (Å²) in [5, 5.41) is 2.98. The second-order valence-corrected chi connectivity index (χ2v) is 9.01. The maximum Gasteiger partial charge on any atom is 0.337 e. The zero-order valence-electron chi connectivity index (χ0n) is 20.3. The van der Waals surface area contributed by atoms with Crippen molar-refractivity contribution in [3.8, 4) is 0 Å². The molecule has 0 bridgehead atoms. The van der Waals surface area contributed by atoms with Crippen LogP contribution in [0.25, 0.3) is 0 Å². The number of nitrogen functional groups attached to an aromatic ring is 1. The van der Waals surface area contributed by atoms with E-state index < -0.39 is 0 Å². The molecule has 1 aliphatic heterocycles. The highest BCUT2D eigenvalue weighted by molar-refractivity contribution is 6.08. The minimum Gasteiger partial charge on any atom is -0.465 e. The van der Waals surface area contributed by atoms with Crippen LogP contribution >= 0.6 is 0 Å². The average Bonchev–Trinajstić information content (AvgIpc) is 2.90. The van der Waals surface area contributed by atoms with Crippen molar-refractivity contribution in [3.05, 3.63) is 89.0 Å². The quantitative estimate of drug-likeness (QED) is 0.336. The number of hydrogen-bond acceptors (Lipinski definition) is 5. The molecule has 0 radical (unpaired) electrons. The van der Waals surface area contributed by atoms with Gasteiger partial charge in [-0.3, -0.25) is 4.79 Å². The van der Waals surface area contributed by atoms with Crippen molar-refractivity contribution in [2.45, 2.75) is 38.5 Å². The molecule has 35 heavy (non-hydrogen) atoms. The van der Waals surface area contributed by atoms with Crippen LogP contribution in [-0.4, -0.2) is 32.1 Å². The number of benzene rings is 3. The predicted molar refractivity (Wildman–Crippen MR) is 141 cm³/mol. The summed E-state index contributed by atoms with van der Waals surface area (Å²) in [5.74, 6) is -0.509. The number of hydrogen-bond donors (Lipinski definition) is 2. The lowest BCUT2D eigenvalue weighted by Gasteiger charge is -2.29. The molecule has 6 nitrogen and oxygen atoms in total. The van der Waals surface area contributed by atoms with Crippen LogP contribution in [0.15, 0.2) is 66.7 Å². The van der Waals surface area contributed by atoms with Gasteiger partial charge in [-0.1, -0.05) is 24.3 Å². The Morgan fingerprint density at radius 2 is 1.51 bits per heavy atom. The first-order chi connectivity index (χ1) is 17.0. The molecule has 1 amide bonds. The molecule has 1 fully saturated rings. The normalized spacial score (nSPS) is 13.3. The highest BCUT2D eigenvalue weighted by Gasteiger charge is 2.16. The zero-order valence-corrected chi connectivity index (χ0v) is 20.3. The highest BCUT2D eigenvalue weighted by atomic mass is 16.5. The third-order valence-corrected chi connectivity index (χ3v) is 6.52. The zero-order chi connectivity index (χ0) is 24.6. The van der Waals surface area contributed by atoms with Crippen LogP contribution in [0.3, 0.4) is 0 Å². The molecule has 4 rings (SSSR count). The molecule has 0 spiro atoms. The summed E-state index contributed by atoms with van der Waals surface area (Å²) >= 11 is 0. The molecule has 0 unspecified atom stereocenters. The lowest BCUT2D eigenvalue weighted by atomic mass is 10.0. The van der Waals surface area contributed by atoms with E-state index in [1.807, 2.05) is 54.6 Å². The van der Waals surface area contributed by atoms with Gasteiger partial charge in [0, 0.05) is 30.2 Å². The Labute approximate surface area is 207 Å². The summed E-state index contributed by atoms with van der Waals surface area (Å²) in [6, 6.07) is 21.2. The number of aryl methyl sites for hydroxylation is 2. The number of nitrogens with zero attached hydrogens (tertiary/aromatic N) is 1. The number of methoxy groups -OCH3 is 1. The van der Waals surface area contributed by atoms with Gasteiger partial charge in [-0.25, -0.2) is 4.79 Å². The van der Waals surface area contributed by atoms with Crippen molar-refractivity contribution >= 4 is 28.9 Å². The molecule has 3 N–H and O–H groups in total. The summed E-state index contributed by atoms with van der Waals surface area (Å²) in [6.45, 7) is 2.04. The first-order valence-corrected chi connectivity index (χ1v) is 12.3. The van der Waals surface area contributed by atoms with E-state index in [1.165, 1.54) is 37.5 Å². The second kappa shape index (κ2) is 11.6.